The molecule has 2 N–H and O–H groups in total. The van der Waals surface area contributed by atoms with Crippen molar-refractivity contribution in [3.05, 3.63) is 42.5 Å². The van der Waals surface area contributed by atoms with E-state index in [0.717, 1.165) is 12.0 Å². The van der Waals surface area contributed by atoms with Gasteiger partial charge >= 0.3 is 0 Å². The minimum atomic E-state index is -0.538. The summed E-state index contributed by atoms with van der Waals surface area (Å²) in [5.41, 5.74) is 6.82. The first kappa shape index (κ1) is 14.3. The summed E-state index contributed by atoms with van der Waals surface area (Å²) >= 11 is 0. The first-order valence-electron chi connectivity index (χ1n) is 6.12. The SMILES string of the molecule is C=CCCN(C)C(=O)C(C)(C)c1ccc(N)cc1. The van der Waals surface area contributed by atoms with Crippen LogP contribution in [0.25, 0.3) is 0 Å². The highest BCUT2D eigenvalue weighted by Crippen LogP contribution is 2.26. The number of hydrogen-bond donors (Lipinski definition) is 1. The van der Waals surface area contributed by atoms with E-state index < -0.39 is 5.41 Å². The van der Waals surface area contributed by atoms with Gasteiger partial charge in [-0.15, -0.1) is 6.58 Å². The number of nitrogens with zero attached hydrogens (tertiary/aromatic N) is 1. The van der Waals surface area contributed by atoms with Crippen molar-refractivity contribution in [3.63, 3.8) is 0 Å². The van der Waals surface area contributed by atoms with E-state index in [1.54, 1.807) is 4.90 Å². The fourth-order valence-electron chi connectivity index (χ4n) is 1.89. The summed E-state index contributed by atoms with van der Waals surface area (Å²) in [6, 6.07) is 7.48. The van der Waals surface area contributed by atoms with Crippen molar-refractivity contribution in [2.24, 2.45) is 0 Å². The molecule has 0 unspecified atom stereocenters. The first-order chi connectivity index (χ1) is 8.39. The number of nitrogens with two attached hydrogens (primary N) is 1. The van der Waals surface area contributed by atoms with Crippen molar-refractivity contribution in [3.8, 4) is 0 Å². The van der Waals surface area contributed by atoms with E-state index in [1.165, 1.54) is 0 Å². The van der Waals surface area contributed by atoms with Crippen molar-refractivity contribution >= 4 is 11.6 Å². The number of anilines is 1. The molecule has 1 aromatic carbocycles. The molecule has 0 fully saturated rings. The van der Waals surface area contributed by atoms with E-state index in [-0.39, 0.29) is 5.91 Å². The summed E-state index contributed by atoms with van der Waals surface area (Å²) in [5, 5.41) is 0. The van der Waals surface area contributed by atoms with Gasteiger partial charge in [-0.3, -0.25) is 4.79 Å². The third-order valence-corrected chi connectivity index (χ3v) is 3.18. The lowest BCUT2D eigenvalue weighted by Crippen LogP contribution is -2.41. The second-order valence-corrected chi connectivity index (χ2v) is 5.05. The zero-order valence-electron chi connectivity index (χ0n) is 11.4. The van der Waals surface area contributed by atoms with Gasteiger partial charge in [-0.1, -0.05) is 18.2 Å². The monoisotopic (exact) mass is 246 g/mol. The maximum absolute atomic E-state index is 12.4. The fraction of sp³-hybridized carbons (Fsp3) is 0.400. The van der Waals surface area contributed by atoms with E-state index in [0.29, 0.717) is 12.2 Å². The predicted molar refractivity (Wildman–Crippen MR) is 76.3 cm³/mol. The summed E-state index contributed by atoms with van der Waals surface area (Å²) < 4.78 is 0. The normalized spacial score (nSPS) is 11.1. The van der Waals surface area contributed by atoms with Crippen LogP contribution in [0.15, 0.2) is 36.9 Å². The van der Waals surface area contributed by atoms with E-state index in [4.69, 9.17) is 5.73 Å². The highest BCUT2D eigenvalue weighted by molar-refractivity contribution is 5.87. The zero-order chi connectivity index (χ0) is 13.8. The predicted octanol–water partition coefficient (Wildman–Crippen LogP) is 2.58. The largest absolute Gasteiger partial charge is 0.399 e. The molecule has 1 amide bonds. The average molecular weight is 246 g/mol. The van der Waals surface area contributed by atoms with Crippen LogP contribution in [0.1, 0.15) is 25.8 Å². The molecule has 3 nitrogen and oxygen atoms in total. The Balaban J connectivity index is 2.87. The Morgan fingerprint density at radius 1 is 1.39 bits per heavy atom. The van der Waals surface area contributed by atoms with Gasteiger partial charge < -0.3 is 10.6 Å². The molecule has 0 spiro atoms. The van der Waals surface area contributed by atoms with Gasteiger partial charge in [-0.2, -0.15) is 0 Å². The van der Waals surface area contributed by atoms with E-state index in [1.807, 2.05) is 51.2 Å². The molecular weight excluding hydrogens is 224 g/mol. The molecule has 1 rings (SSSR count). The molecule has 0 aromatic heterocycles. The molecular formula is C15H22N2O. The Bertz CT molecular complexity index is 421. The number of carbonyl (C=O) groups excluding carboxylic acids is 1. The quantitative estimate of drug-likeness (QED) is 0.641. The Kier molecular flexibility index (Phi) is 4.54. The second-order valence-electron chi connectivity index (χ2n) is 5.05. The number of rotatable bonds is 5. The van der Waals surface area contributed by atoms with Crippen LogP contribution in [0.3, 0.4) is 0 Å². The lowest BCUT2D eigenvalue weighted by atomic mass is 9.83. The molecule has 0 bridgehead atoms. The number of benzene rings is 1. The Hall–Kier alpha value is -1.77. The van der Waals surface area contributed by atoms with Gasteiger partial charge in [-0.25, -0.2) is 0 Å². The van der Waals surface area contributed by atoms with E-state index in [2.05, 4.69) is 6.58 Å². The molecule has 0 atom stereocenters. The molecule has 98 valence electrons. The molecule has 1 aromatic rings. The molecule has 0 aliphatic carbocycles. The Labute approximate surface area is 109 Å². The molecule has 0 saturated heterocycles. The maximum Gasteiger partial charge on any atom is 0.232 e. The van der Waals surface area contributed by atoms with Crippen LogP contribution in [-0.2, 0) is 10.2 Å². The van der Waals surface area contributed by atoms with Crippen molar-refractivity contribution < 1.29 is 4.79 Å². The number of amides is 1. The minimum absolute atomic E-state index is 0.106. The molecule has 3 heteroatoms. The molecule has 0 aliphatic heterocycles. The molecule has 0 aliphatic rings. The highest BCUT2D eigenvalue weighted by Gasteiger charge is 2.31. The average Bonchev–Trinajstić information content (AvgIpc) is 2.35. The van der Waals surface area contributed by atoms with Gasteiger partial charge in [0.25, 0.3) is 0 Å². The Morgan fingerprint density at radius 3 is 2.44 bits per heavy atom. The molecule has 0 heterocycles. The topological polar surface area (TPSA) is 46.3 Å². The van der Waals surface area contributed by atoms with Gasteiger partial charge in [0.2, 0.25) is 5.91 Å². The van der Waals surface area contributed by atoms with Gasteiger partial charge in [0.15, 0.2) is 0 Å². The fourth-order valence-corrected chi connectivity index (χ4v) is 1.89. The van der Waals surface area contributed by atoms with Crippen molar-refractivity contribution in [1.82, 2.24) is 4.90 Å². The Morgan fingerprint density at radius 2 is 1.94 bits per heavy atom. The summed E-state index contributed by atoms with van der Waals surface area (Å²) in [6.45, 7) is 8.24. The van der Waals surface area contributed by atoms with Crippen molar-refractivity contribution in [1.29, 1.82) is 0 Å². The number of carbonyl (C=O) groups is 1. The van der Waals surface area contributed by atoms with Crippen LogP contribution in [0, 0.1) is 0 Å². The smallest absolute Gasteiger partial charge is 0.232 e. The first-order valence-corrected chi connectivity index (χ1v) is 6.12. The van der Waals surface area contributed by atoms with Crippen LogP contribution in [0.5, 0.6) is 0 Å². The van der Waals surface area contributed by atoms with Crippen LogP contribution < -0.4 is 5.73 Å². The summed E-state index contributed by atoms with van der Waals surface area (Å²) in [4.78, 5) is 14.2. The maximum atomic E-state index is 12.4. The summed E-state index contributed by atoms with van der Waals surface area (Å²) in [6.07, 6.45) is 2.63. The summed E-state index contributed by atoms with van der Waals surface area (Å²) in [5.74, 6) is 0.106. The third kappa shape index (κ3) is 3.13. The van der Waals surface area contributed by atoms with E-state index in [9.17, 15) is 4.79 Å². The lowest BCUT2D eigenvalue weighted by molar-refractivity contribution is -0.134. The van der Waals surface area contributed by atoms with Gasteiger partial charge in [0.1, 0.15) is 0 Å². The molecule has 0 saturated carbocycles. The standard InChI is InChI=1S/C15H22N2O/c1-5-6-11-17(4)14(18)15(2,3)12-7-9-13(16)10-8-12/h5,7-10H,1,6,11,16H2,2-4H3. The second kappa shape index (κ2) is 5.71. The van der Waals surface area contributed by atoms with Gasteiger partial charge in [-0.05, 0) is 38.0 Å². The minimum Gasteiger partial charge on any atom is -0.399 e. The lowest BCUT2D eigenvalue weighted by Gasteiger charge is -2.29. The third-order valence-electron chi connectivity index (χ3n) is 3.18. The number of hydrogen-bond acceptors (Lipinski definition) is 2. The van der Waals surface area contributed by atoms with Gasteiger partial charge in [0.05, 0.1) is 5.41 Å². The van der Waals surface area contributed by atoms with Crippen LogP contribution in [0.4, 0.5) is 5.69 Å². The summed E-state index contributed by atoms with van der Waals surface area (Å²) in [7, 11) is 1.82. The van der Waals surface area contributed by atoms with E-state index >= 15 is 0 Å². The van der Waals surface area contributed by atoms with Crippen LogP contribution in [-0.4, -0.2) is 24.4 Å². The highest BCUT2D eigenvalue weighted by atomic mass is 16.2. The zero-order valence-corrected chi connectivity index (χ0v) is 11.4. The van der Waals surface area contributed by atoms with Crippen LogP contribution in [0.2, 0.25) is 0 Å². The molecule has 0 radical (unpaired) electrons. The van der Waals surface area contributed by atoms with Gasteiger partial charge in [0, 0.05) is 19.3 Å². The van der Waals surface area contributed by atoms with Crippen molar-refractivity contribution in [2.75, 3.05) is 19.3 Å². The number of nitrogen functional groups attached to an aromatic ring is 1. The number of likely N-dealkylation sites (N-methyl/N-ethyl adjacent to an activating group) is 1. The van der Waals surface area contributed by atoms with Crippen molar-refractivity contribution in [2.45, 2.75) is 25.7 Å². The molecule has 18 heavy (non-hydrogen) atoms. The van der Waals surface area contributed by atoms with Crippen LogP contribution >= 0.6 is 0 Å².